The Morgan fingerprint density at radius 1 is 0.750 bits per heavy atom. The molecule has 0 N–H and O–H groups in total. The highest BCUT2D eigenvalue weighted by Crippen LogP contribution is 2.22. The van der Waals surface area contributed by atoms with Crippen molar-refractivity contribution in [2.75, 3.05) is 6.61 Å². The summed E-state index contributed by atoms with van der Waals surface area (Å²) in [4.78, 5) is 29.9. The van der Waals surface area contributed by atoms with E-state index in [0.717, 1.165) is 27.9 Å². The lowest BCUT2D eigenvalue weighted by molar-refractivity contribution is 0.0462. The minimum absolute atomic E-state index is 0.109. The second-order valence-corrected chi connectivity index (χ2v) is 8.32. The molecule has 0 atom stereocenters. The SMILES string of the molecule is Cc1cccc(-n2nc(C(=O)OCC(=O)c3ccc(-c4ccccc4)cc3)nc2-c2ccccc2)c1. The first kappa shape index (κ1) is 22.9. The molecule has 0 amide bonds. The molecule has 0 fully saturated rings. The summed E-state index contributed by atoms with van der Waals surface area (Å²) >= 11 is 0. The minimum atomic E-state index is -0.757. The van der Waals surface area contributed by atoms with Crippen molar-refractivity contribution in [2.45, 2.75) is 6.92 Å². The molecule has 0 bridgehead atoms. The highest BCUT2D eigenvalue weighted by molar-refractivity contribution is 5.99. The Labute approximate surface area is 208 Å². The standard InChI is InChI=1S/C30H23N3O3/c1-21-9-8-14-26(19-21)33-29(25-12-6-3-7-13-25)31-28(32-33)30(35)36-20-27(34)24-17-15-23(16-18-24)22-10-4-2-5-11-22/h2-19H,20H2,1H3. The molecule has 0 saturated heterocycles. The van der Waals surface area contributed by atoms with E-state index >= 15 is 0 Å². The average Bonchev–Trinajstić information content (AvgIpc) is 3.38. The van der Waals surface area contributed by atoms with Gasteiger partial charge in [0.25, 0.3) is 5.82 Å². The van der Waals surface area contributed by atoms with Crippen LogP contribution in [-0.2, 0) is 4.74 Å². The number of ether oxygens (including phenoxy) is 1. The largest absolute Gasteiger partial charge is 0.451 e. The van der Waals surface area contributed by atoms with E-state index in [0.29, 0.717) is 11.4 Å². The van der Waals surface area contributed by atoms with Crippen molar-refractivity contribution in [3.05, 3.63) is 126 Å². The quantitative estimate of drug-likeness (QED) is 0.216. The summed E-state index contributed by atoms with van der Waals surface area (Å²) < 4.78 is 6.91. The van der Waals surface area contributed by atoms with Crippen LogP contribution >= 0.6 is 0 Å². The van der Waals surface area contributed by atoms with Crippen molar-refractivity contribution in [3.8, 4) is 28.2 Å². The highest BCUT2D eigenvalue weighted by atomic mass is 16.5. The highest BCUT2D eigenvalue weighted by Gasteiger charge is 2.21. The Morgan fingerprint density at radius 2 is 1.39 bits per heavy atom. The smallest absolute Gasteiger partial charge is 0.378 e. The van der Waals surface area contributed by atoms with Crippen LogP contribution in [0, 0.1) is 6.92 Å². The van der Waals surface area contributed by atoms with Crippen molar-refractivity contribution in [1.29, 1.82) is 0 Å². The Balaban J connectivity index is 1.33. The van der Waals surface area contributed by atoms with Crippen LogP contribution in [0.25, 0.3) is 28.2 Å². The molecule has 0 radical (unpaired) electrons. The molecule has 0 unspecified atom stereocenters. The van der Waals surface area contributed by atoms with Crippen molar-refractivity contribution in [1.82, 2.24) is 14.8 Å². The molecule has 0 aliphatic rings. The lowest BCUT2D eigenvalue weighted by Gasteiger charge is -2.06. The molecule has 6 nitrogen and oxygen atoms in total. The van der Waals surface area contributed by atoms with Crippen LogP contribution in [0.3, 0.4) is 0 Å². The number of aromatic nitrogens is 3. The van der Waals surface area contributed by atoms with E-state index in [1.807, 2.05) is 104 Å². The number of carbonyl (C=O) groups is 2. The monoisotopic (exact) mass is 473 g/mol. The molecule has 1 aromatic heterocycles. The normalized spacial score (nSPS) is 10.7. The van der Waals surface area contributed by atoms with E-state index < -0.39 is 12.6 Å². The first-order valence-corrected chi connectivity index (χ1v) is 11.5. The van der Waals surface area contributed by atoms with Gasteiger partial charge in [-0.2, -0.15) is 0 Å². The molecule has 176 valence electrons. The fraction of sp³-hybridized carbons (Fsp3) is 0.0667. The van der Waals surface area contributed by atoms with Crippen LogP contribution in [0.4, 0.5) is 0 Å². The summed E-state index contributed by atoms with van der Waals surface area (Å²) in [6.07, 6.45) is 0. The second-order valence-electron chi connectivity index (χ2n) is 8.32. The van der Waals surface area contributed by atoms with Gasteiger partial charge in [0.1, 0.15) is 0 Å². The molecule has 0 saturated carbocycles. The lowest BCUT2D eigenvalue weighted by Crippen LogP contribution is -2.15. The maximum atomic E-state index is 12.8. The van der Waals surface area contributed by atoms with Crippen LogP contribution < -0.4 is 0 Å². The van der Waals surface area contributed by atoms with E-state index in [2.05, 4.69) is 10.1 Å². The predicted octanol–water partition coefficient (Wildman–Crippen LogP) is 5.95. The molecule has 5 rings (SSSR count). The van der Waals surface area contributed by atoms with Gasteiger partial charge in [-0.25, -0.2) is 14.5 Å². The molecule has 0 aliphatic carbocycles. The number of Topliss-reactive ketones (excluding diaryl/α,β-unsaturated/α-hetero) is 1. The van der Waals surface area contributed by atoms with E-state index in [4.69, 9.17) is 4.74 Å². The Hall–Kier alpha value is -4.84. The second kappa shape index (κ2) is 10.2. The maximum Gasteiger partial charge on any atom is 0.378 e. The number of benzene rings is 4. The third-order valence-electron chi connectivity index (χ3n) is 5.72. The van der Waals surface area contributed by atoms with Gasteiger partial charge in [-0.05, 0) is 35.7 Å². The van der Waals surface area contributed by atoms with Gasteiger partial charge < -0.3 is 4.74 Å². The lowest BCUT2D eigenvalue weighted by atomic mass is 10.0. The van der Waals surface area contributed by atoms with Crippen molar-refractivity contribution >= 4 is 11.8 Å². The Morgan fingerprint density at radius 3 is 2.06 bits per heavy atom. The van der Waals surface area contributed by atoms with Crippen molar-refractivity contribution < 1.29 is 14.3 Å². The van der Waals surface area contributed by atoms with Gasteiger partial charge in [0.15, 0.2) is 18.2 Å². The topological polar surface area (TPSA) is 74.1 Å². The summed E-state index contributed by atoms with van der Waals surface area (Å²) in [5.41, 5.74) is 5.16. The van der Waals surface area contributed by atoms with Gasteiger partial charge in [-0.15, -0.1) is 5.10 Å². The average molecular weight is 474 g/mol. The summed E-state index contributed by atoms with van der Waals surface area (Å²) in [7, 11) is 0. The number of esters is 1. The predicted molar refractivity (Wildman–Crippen MR) is 138 cm³/mol. The van der Waals surface area contributed by atoms with Crippen LogP contribution in [0.5, 0.6) is 0 Å². The van der Waals surface area contributed by atoms with E-state index in [1.165, 1.54) is 0 Å². The number of aryl methyl sites for hydroxylation is 1. The van der Waals surface area contributed by atoms with Crippen LogP contribution in [-0.4, -0.2) is 33.1 Å². The van der Waals surface area contributed by atoms with Crippen LogP contribution in [0.15, 0.2) is 109 Å². The molecule has 0 aliphatic heterocycles. The van der Waals surface area contributed by atoms with Crippen LogP contribution in [0.1, 0.15) is 26.5 Å². The number of carbonyl (C=O) groups excluding carboxylic acids is 2. The van der Waals surface area contributed by atoms with E-state index in [-0.39, 0.29) is 11.6 Å². The van der Waals surface area contributed by atoms with Gasteiger partial charge in [0, 0.05) is 11.1 Å². The summed E-state index contributed by atoms with van der Waals surface area (Å²) in [5.74, 6) is -0.657. The third kappa shape index (κ3) is 4.98. The minimum Gasteiger partial charge on any atom is -0.451 e. The first-order valence-electron chi connectivity index (χ1n) is 11.5. The number of ketones is 1. The number of hydrogen-bond donors (Lipinski definition) is 0. The van der Waals surface area contributed by atoms with Gasteiger partial charge >= 0.3 is 5.97 Å². The molecule has 4 aromatic carbocycles. The van der Waals surface area contributed by atoms with Gasteiger partial charge in [0.05, 0.1) is 5.69 Å². The van der Waals surface area contributed by atoms with Gasteiger partial charge in [-0.1, -0.05) is 97.1 Å². The molecule has 6 heteroatoms. The van der Waals surface area contributed by atoms with Crippen molar-refractivity contribution in [3.63, 3.8) is 0 Å². The van der Waals surface area contributed by atoms with E-state index in [9.17, 15) is 9.59 Å². The summed E-state index contributed by atoms with van der Waals surface area (Å²) in [6.45, 7) is 1.58. The van der Waals surface area contributed by atoms with E-state index in [1.54, 1.807) is 16.8 Å². The maximum absolute atomic E-state index is 12.8. The molecular formula is C30H23N3O3. The molecular weight excluding hydrogens is 450 g/mol. The zero-order valence-corrected chi connectivity index (χ0v) is 19.7. The first-order chi connectivity index (χ1) is 17.6. The zero-order chi connectivity index (χ0) is 24.9. The molecule has 1 heterocycles. The third-order valence-corrected chi connectivity index (χ3v) is 5.72. The zero-order valence-electron chi connectivity index (χ0n) is 19.7. The fourth-order valence-electron chi connectivity index (χ4n) is 3.87. The summed E-state index contributed by atoms with van der Waals surface area (Å²) in [6, 6.07) is 34.4. The van der Waals surface area contributed by atoms with Gasteiger partial charge in [0.2, 0.25) is 0 Å². The Kier molecular flexibility index (Phi) is 6.49. The number of rotatable bonds is 7. The summed E-state index contributed by atoms with van der Waals surface area (Å²) in [5, 5.41) is 4.41. The van der Waals surface area contributed by atoms with Gasteiger partial charge in [-0.3, -0.25) is 4.79 Å². The fourth-order valence-corrected chi connectivity index (χ4v) is 3.87. The molecule has 0 spiro atoms. The number of nitrogens with zero attached hydrogens (tertiary/aromatic N) is 3. The van der Waals surface area contributed by atoms with Crippen molar-refractivity contribution in [2.24, 2.45) is 0 Å². The molecule has 5 aromatic rings. The Bertz CT molecular complexity index is 1510. The molecule has 36 heavy (non-hydrogen) atoms. The van der Waals surface area contributed by atoms with Crippen LogP contribution in [0.2, 0.25) is 0 Å². The number of hydrogen-bond acceptors (Lipinski definition) is 5.